The van der Waals surface area contributed by atoms with Crippen LogP contribution in [0, 0.1) is 18.6 Å². The third-order valence-corrected chi connectivity index (χ3v) is 3.44. The highest BCUT2D eigenvalue weighted by Crippen LogP contribution is 2.31. The predicted octanol–water partition coefficient (Wildman–Crippen LogP) is 4.12. The maximum absolute atomic E-state index is 13.6. The Balaban J connectivity index is 2.51. The Morgan fingerprint density at radius 3 is 2.56 bits per heavy atom. The molecule has 0 aliphatic heterocycles. The Labute approximate surface area is 112 Å². The first-order valence-electron chi connectivity index (χ1n) is 5.38. The molecule has 0 saturated heterocycles. The minimum Gasteiger partial charge on any atom is -0.384 e. The van der Waals surface area contributed by atoms with Crippen LogP contribution in [0.2, 0.25) is 0 Å². The molecule has 0 heterocycles. The molecule has 4 heteroatoms. The van der Waals surface area contributed by atoms with Gasteiger partial charge in [0, 0.05) is 10.0 Å². The van der Waals surface area contributed by atoms with E-state index in [9.17, 15) is 13.9 Å². The van der Waals surface area contributed by atoms with Crippen molar-refractivity contribution in [3.05, 3.63) is 69.2 Å². The summed E-state index contributed by atoms with van der Waals surface area (Å²) in [5.74, 6) is -1.98. The van der Waals surface area contributed by atoms with Gasteiger partial charge in [-0.15, -0.1) is 0 Å². The first-order valence-corrected chi connectivity index (χ1v) is 6.18. The fourth-order valence-corrected chi connectivity index (χ4v) is 2.24. The lowest BCUT2D eigenvalue weighted by molar-refractivity contribution is 0.212. The van der Waals surface area contributed by atoms with E-state index < -0.39 is 17.7 Å². The van der Waals surface area contributed by atoms with Gasteiger partial charge in [0.15, 0.2) is 11.6 Å². The predicted molar refractivity (Wildman–Crippen MR) is 69.3 cm³/mol. The van der Waals surface area contributed by atoms with Gasteiger partial charge in [-0.1, -0.05) is 45.8 Å². The van der Waals surface area contributed by atoms with Crippen LogP contribution in [-0.4, -0.2) is 5.11 Å². The monoisotopic (exact) mass is 312 g/mol. The summed E-state index contributed by atoms with van der Waals surface area (Å²) < 4.78 is 27.4. The van der Waals surface area contributed by atoms with Crippen molar-refractivity contribution < 1.29 is 13.9 Å². The zero-order valence-electron chi connectivity index (χ0n) is 9.62. The molecule has 0 radical (unpaired) electrons. The van der Waals surface area contributed by atoms with Gasteiger partial charge in [-0.2, -0.15) is 0 Å². The van der Waals surface area contributed by atoms with Crippen LogP contribution >= 0.6 is 15.9 Å². The fourth-order valence-electron chi connectivity index (χ4n) is 1.77. The van der Waals surface area contributed by atoms with E-state index in [0.29, 0.717) is 10.0 Å². The second-order valence-corrected chi connectivity index (χ2v) is 4.92. The fraction of sp³-hybridized carbons (Fsp3) is 0.143. The summed E-state index contributed by atoms with van der Waals surface area (Å²) >= 11 is 3.30. The van der Waals surface area contributed by atoms with E-state index in [1.54, 1.807) is 12.1 Å². The molecule has 94 valence electrons. The Bertz CT molecular complexity index is 582. The van der Waals surface area contributed by atoms with Crippen molar-refractivity contribution in [1.29, 1.82) is 0 Å². The van der Waals surface area contributed by atoms with Crippen molar-refractivity contribution in [3.63, 3.8) is 0 Å². The minimum atomic E-state index is -1.20. The molecule has 18 heavy (non-hydrogen) atoms. The van der Waals surface area contributed by atoms with Crippen molar-refractivity contribution in [1.82, 2.24) is 0 Å². The van der Waals surface area contributed by atoms with Crippen molar-refractivity contribution >= 4 is 15.9 Å². The van der Waals surface area contributed by atoms with E-state index in [0.717, 1.165) is 11.6 Å². The normalized spacial score (nSPS) is 12.5. The van der Waals surface area contributed by atoms with Gasteiger partial charge in [0.2, 0.25) is 0 Å². The van der Waals surface area contributed by atoms with Crippen molar-refractivity contribution in [3.8, 4) is 0 Å². The summed E-state index contributed by atoms with van der Waals surface area (Å²) in [5, 5.41) is 10.2. The van der Waals surface area contributed by atoms with E-state index in [-0.39, 0.29) is 5.56 Å². The van der Waals surface area contributed by atoms with Crippen LogP contribution < -0.4 is 0 Å². The molecule has 0 aromatic heterocycles. The van der Waals surface area contributed by atoms with E-state index in [4.69, 9.17) is 0 Å². The molecule has 0 bridgehead atoms. The number of aliphatic hydroxyl groups excluding tert-OH is 1. The van der Waals surface area contributed by atoms with Gasteiger partial charge in [0.05, 0.1) is 0 Å². The Hall–Kier alpha value is -1.26. The van der Waals surface area contributed by atoms with Crippen LogP contribution in [0.1, 0.15) is 22.8 Å². The van der Waals surface area contributed by atoms with Gasteiger partial charge in [0.25, 0.3) is 0 Å². The molecule has 2 rings (SSSR count). The van der Waals surface area contributed by atoms with Crippen LogP contribution in [0.25, 0.3) is 0 Å². The van der Waals surface area contributed by atoms with Gasteiger partial charge >= 0.3 is 0 Å². The minimum absolute atomic E-state index is 0.0682. The summed E-state index contributed by atoms with van der Waals surface area (Å²) in [4.78, 5) is 0. The lowest BCUT2D eigenvalue weighted by Gasteiger charge is -2.15. The molecule has 0 fully saturated rings. The number of halogens is 3. The number of rotatable bonds is 2. The molecule has 1 N–H and O–H groups in total. The number of aliphatic hydroxyl groups is 1. The topological polar surface area (TPSA) is 20.2 Å². The second kappa shape index (κ2) is 5.16. The van der Waals surface area contributed by atoms with Gasteiger partial charge in [-0.05, 0) is 24.6 Å². The van der Waals surface area contributed by atoms with Crippen LogP contribution in [0.15, 0.2) is 40.9 Å². The third kappa shape index (κ3) is 2.44. The van der Waals surface area contributed by atoms with E-state index in [1.807, 2.05) is 13.0 Å². The number of benzene rings is 2. The standard InChI is InChI=1S/C14H11BrF2O/c1-8-5-6-11(15)10(7-8)14(18)9-3-2-4-12(16)13(9)17/h2-7,14,18H,1H3. The summed E-state index contributed by atoms with van der Waals surface area (Å²) in [6, 6.07) is 9.14. The number of aryl methyl sites for hydroxylation is 1. The first kappa shape index (κ1) is 13.2. The number of hydrogen-bond donors (Lipinski definition) is 1. The summed E-state index contributed by atoms with van der Waals surface area (Å²) in [6.45, 7) is 1.87. The maximum Gasteiger partial charge on any atom is 0.164 e. The Morgan fingerprint density at radius 2 is 1.83 bits per heavy atom. The highest BCUT2D eigenvalue weighted by atomic mass is 79.9. The second-order valence-electron chi connectivity index (χ2n) is 4.07. The van der Waals surface area contributed by atoms with Gasteiger partial charge < -0.3 is 5.11 Å². The van der Waals surface area contributed by atoms with E-state index >= 15 is 0 Å². The van der Waals surface area contributed by atoms with Gasteiger partial charge in [-0.25, -0.2) is 8.78 Å². The molecule has 0 spiro atoms. The molecule has 1 unspecified atom stereocenters. The molecular weight excluding hydrogens is 302 g/mol. The molecule has 2 aromatic carbocycles. The van der Waals surface area contributed by atoms with Crippen LogP contribution in [0.5, 0.6) is 0 Å². The van der Waals surface area contributed by atoms with Crippen LogP contribution in [-0.2, 0) is 0 Å². The van der Waals surface area contributed by atoms with Crippen molar-refractivity contribution in [2.24, 2.45) is 0 Å². The van der Waals surface area contributed by atoms with Crippen LogP contribution in [0.3, 0.4) is 0 Å². The quantitative estimate of drug-likeness (QED) is 0.884. The van der Waals surface area contributed by atoms with Crippen molar-refractivity contribution in [2.45, 2.75) is 13.0 Å². The molecular formula is C14H11BrF2O. The zero-order chi connectivity index (χ0) is 13.3. The SMILES string of the molecule is Cc1ccc(Br)c(C(O)c2cccc(F)c2F)c1. The number of hydrogen-bond acceptors (Lipinski definition) is 1. The molecule has 0 saturated carbocycles. The zero-order valence-corrected chi connectivity index (χ0v) is 11.2. The molecule has 1 atom stereocenters. The van der Waals surface area contributed by atoms with E-state index in [2.05, 4.69) is 15.9 Å². The summed E-state index contributed by atoms with van der Waals surface area (Å²) in [5.41, 5.74) is 1.38. The Morgan fingerprint density at radius 1 is 1.11 bits per heavy atom. The van der Waals surface area contributed by atoms with Crippen LogP contribution in [0.4, 0.5) is 8.78 Å². The molecule has 0 aliphatic carbocycles. The molecule has 2 aromatic rings. The first-order chi connectivity index (χ1) is 8.50. The smallest absolute Gasteiger partial charge is 0.164 e. The molecule has 1 nitrogen and oxygen atoms in total. The van der Waals surface area contributed by atoms with Gasteiger partial charge in [-0.3, -0.25) is 0 Å². The molecule has 0 amide bonds. The summed E-state index contributed by atoms with van der Waals surface area (Å²) in [7, 11) is 0. The highest BCUT2D eigenvalue weighted by Gasteiger charge is 2.19. The molecule has 0 aliphatic rings. The maximum atomic E-state index is 13.6. The third-order valence-electron chi connectivity index (χ3n) is 2.72. The van der Waals surface area contributed by atoms with Crippen molar-refractivity contribution in [2.75, 3.05) is 0 Å². The average molecular weight is 313 g/mol. The lowest BCUT2D eigenvalue weighted by Crippen LogP contribution is -2.05. The lowest BCUT2D eigenvalue weighted by atomic mass is 9.99. The Kier molecular flexibility index (Phi) is 3.78. The van der Waals surface area contributed by atoms with Gasteiger partial charge in [0.1, 0.15) is 6.10 Å². The highest BCUT2D eigenvalue weighted by molar-refractivity contribution is 9.10. The summed E-state index contributed by atoms with van der Waals surface area (Å²) in [6.07, 6.45) is -1.20. The largest absolute Gasteiger partial charge is 0.384 e. The average Bonchev–Trinajstić information content (AvgIpc) is 2.35. The van der Waals surface area contributed by atoms with E-state index in [1.165, 1.54) is 12.1 Å².